The Balaban J connectivity index is 3.56. The van der Waals surface area contributed by atoms with Crippen LogP contribution in [0.2, 0.25) is 0 Å². The van der Waals surface area contributed by atoms with Gasteiger partial charge in [-0.1, -0.05) is 48.0 Å². The first kappa shape index (κ1) is 65.6. The number of aliphatic imine (C=N–C) groups is 1. The predicted molar refractivity (Wildman–Crippen MR) is 276 cm³/mol. The average Bonchev–Trinajstić information content (AvgIpc) is 3.83. The lowest BCUT2D eigenvalue weighted by Gasteiger charge is -2.29. The van der Waals surface area contributed by atoms with Crippen molar-refractivity contribution in [3.63, 3.8) is 0 Å². The molecule has 0 aliphatic heterocycles. The molecule has 1 aromatic heterocycles. The van der Waals surface area contributed by atoms with Gasteiger partial charge in [-0.25, -0.2) is 4.98 Å². The van der Waals surface area contributed by atoms with Crippen LogP contribution >= 0.6 is 0 Å². The van der Waals surface area contributed by atoms with Crippen molar-refractivity contribution in [3.8, 4) is 0 Å². The maximum absolute atomic E-state index is 14.4. The molecule has 0 spiro atoms. The minimum Gasteiger partial charge on any atom is -0.480 e. The van der Waals surface area contributed by atoms with Crippen LogP contribution in [0.1, 0.15) is 118 Å². The second-order valence-electron chi connectivity index (χ2n) is 19.5. The summed E-state index contributed by atoms with van der Waals surface area (Å²) in [6, 6.07) is -10.2. The number of H-pyrrole nitrogens is 1. The predicted octanol–water partition coefficient (Wildman–Crippen LogP) is -3.69. The number of unbranched alkanes of at least 4 members (excludes halogenated alkanes) is 2. The summed E-state index contributed by atoms with van der Waals surface area (Å²) in [5.41, 5.74) is 28.9. The highest BCUT2D eigenvalue weighted by molar-refractivity contribution is 5.98. The number of hydrogen-bond donors (Lipinski definition) is 16. The van der Waals surface area contributed by atoms with Crippen molar-refractivity contribution >= 4 is 59.2 Å². The van der Waals surface area contributed by atoms with Crippen LogP contribution in [0.5, 0.6) is 0 Å². The van der Waals surface area contributed by atoms with E-state index in [1.807, 2.05) is 13.8 Å². The molecule has 420 valence electrons. The van der Waals surface area contributed by atoms with E-state index < -0.39 is 120 Å². The lowest BCUT2D eigenvalue weighted by molar-refractivity contribution is -0.139. The number of rotatable bonds is 37. The van der Waals surface area contributed by atoms with Gasteiger partial charge in [-0.3, -0.25) is 48.1 Å². The third kappa shape index (κ3) is 26.0. The topological polar surface area (TPSA) is 461 Å². The Morgan fingerprint density at radius 3 is 1.54 bits per heavy atom. The lowest BCUT2D eigenvalue weighted by Crippen LogP contribution is -2.61. The van der Waals surface area contributed by atoms with Gasteiger partial charge in [0.2, 0.25) is 47.3 Å². The molecule has 0 fully saturated rings. The third-order valence-corrected chi connectivity index (χ3v) is 11.5. The molecule has 0 radical (unpaired) electrons. The molecule has 0 saturated heterocycles. The number of amides is 8. The molecule has 0 unspecified atom stereocenters. The molecule has 9 atom stereocenters. The summed E-state index contributed by atoms with van der Waals surface area (Å²) in [6.45, 7) is 11.8. The highest BCUT2D eigenvalue weighted by Crippen LogP contribution is 2.13. The van der Waals surface area contributed by atoms with Gasteiger partial charge < -0.3 is 86.4 Å². The Morgan fingerprint density at radius 1 is 0.595 bits per heavy atom. The summed E-state index contributed by atoms with van der Waals surface area (Å²) in [5.74, 6) is -8.60. The van der Waals surface area contributed by atoms with E-state index in [1.165, 1.54) is 19.4 Å². The first-order valence-corrected chi connectivity index (χ1v) is 25.3. The number of carboxylic acids is 1. The molecule has 27 nitrogen and oxygen atoms in total. The largest absolute Gasteiger partial charge is 0.480 e. The first-order chi connectivity index (χ1) is 34.8. The summed E-state index contributed by atoms with van der Waals surface area (Å²) in [6.07, 6.45) is 3.71. The molecule has 8 amide bonds. The second kappa shape index (κ2) is 34.9. The number of aromatic amines is 1. The maximum atomic E-state index is 14.4. The van der Waals surface area contributed by atoms with E-state index in [-0.39, 0.29) is 69.4 Å². The standard InChI is InChI=1S/C47H86N16O11/c1-25(2)19-33(40(68)55-23-36(65)66)60-46(74)38(28(7)64)63-42(70)32(15-12-18-54-47(51)52)57-41(69)31(14-9-11-17-49)58-44(72)35(21-29-22-53-24-56-29)59-43(71)34(20-26(3)4)61-45(73)37(27(5)6)62-39(67)30(50)13-8-10-16-48/h22,24-28,30-35,37-38,64H,8-21,23,48-50H2,1-7H3,(H,53,56)(H,55,68)(H,57,69)(H,58,72)(H,59,71)(H,60,74)(H,61,73)(H,62,67)(H,63,70)(H,65,66)(H4,51,52,54)/t28-,30+,31+,32+,33+,34+,35+,37+,38+/m1/s1. The monoisotopic (exact) mass is 1050 g/mol. The number of carboxylic acid groups (broad SMARTS) is 1. The first-order valence-electron chi connectivity index (χ1n) is 25.3. The fourth-order valence-corrected chi connectivity index (χ4v) is 7.49. The van der Waals surface area contributed by atoms with E-state index in [0.717, 1.165) is 0 Å². The summed E-state index contributed by atoms with van der Waals surface area (Å²) in [5, 5.41) is 40.4. The zero-order valence-corrected chi connectivity index (χ0v) is 44.0. The molecule has 1 heterocycles. The molecule has 74 heavy (non-hydrogen) atoms. The lowest BCUT2D eigenvalue weighted by atomic mass is 9.98. The van der Waals surface area contributed by atoms with E-state index >= 15 is 0 Å². The Kier molecular flexibility index (Phi) is 30.9. The van der Waals surface area contributed by atoms with Gasteiger partial charge in [-0.2, -0.15) is 0 Å². The van der Waals surface area contributed by atoms with Crippen LogP contribution in [0.25, 0.3) is 0 Å². The molecule has 27 heteroatoms. The van der Waals surface area contributed by atoms with E-state index in [4.69, 9.17) is 33.8 Å². The Bertz CT molecular complexity index is 1960. The number of carbonyl (C=O) groups excluding carboxylic acids is 8. The molecule has 21 N–H and O–H groups in total. The fraction of sp³-hybridized carbons (Fsp3) is 0.723. The van der Waals surface area contributed by atoms with Gasteiger partial charge in [0.1, 0.15) is 48.8 Å². The summed E-state index contributed by atoms with van der Waals surface area (Å²) in [7, 11) is 0. The van der Waals surface area contributed by atoms with Crippen LogP contribution in [0.15, 0.2) is 17.5 Å². The van der Waals surface area contributed by atoms with Gasteiger partial charge in [0, 0.05) is 24.9 Å². The average molecular weight is 1050 g/mol. The zero-order chi connectivity index (χ0) is 56.1. The number of nitrogens with one attached hydrogen (secondary N) is 9. The third-order valence-electron chi connectivity index (χ3n) is 11.5. The van der Waals surface area contributed by atoms with Crippen LogP contribution in [0.4, 0.5) is 0 Å². The van der Waals surface area contributed by atoms with Crippen LogP contribution in [-0.2, 0) is 49.6 Å². The number of nitrogens with two attached hydrogens (primary N) is 5. The Labute approximate surface area is 433 Å². The smallest absolute Gasteiger partial charge is 0.322 e. The van der Waals surface area contributed by atoms with Crippen LogP contribution < -0.4 is 71.2 Å². The van der Waals surface area contributed by atoms with Gasteiger partial charge >= 0.3 is 5.97 Å². The van der Waals surface area contributed by atoms with Crippen molar-refractivity contribution in [2.45, 2.75) is 174 Å². The fourth-order valence-electron chi connectivity index (χ4n) is 7.49. The summed E-state index contributed by atoms with van der Waals surface area (Å²) < 4.78 is 0. The van der Waals surface area contributed by atoms with Crippen molar-refractivity contribution in [3.05, 3.63) is 18.2 Å². The number of hydrogen-bond acceptors (Lipinski definition) is 15. The van der Waals surface area contributed by atoms with Crippen molar-refractivity contribution in [1.29, 1.82) is 0 Å². The van der Waals surface area contributed by atoms with Crippen molar-refractivity contribution < 1.29 is 53.4 Å². The van der Waals surface area contributed by atoms with Crippen molar-refractivity contribution in [2.24, 2.45) is 51.4 Å². The molecule has 0 bridgehead atoms. The number of imidazole rings is 1. The van der Waals surface area contributed by atoms with Crippen LogP contribution in [0, 0.1) is 17.8 Å². The van der Waals surface area contributed by atoms with Gasteiger partial charge in [0.25, 0.3) is 0 Å². The van der Waals surface area contributed by atoms with E-state index in [9.17, 15) is 48.3 Å². The quantitative estimate of drug-likeness (QED) is 0.0173. The van der Waals surface area contributed by atoms with Gasteiger partial charge in [-0.05, 0) is 95.6 Å². The van der Waals surface area contributed by atoms with Gasteiger partial charge in [-0.15, -0.1) is 0 Å². The zero-order valence-electron chi connectivity index (χ0n) is 44.0. The summed E-state index contributed by atoms with van der Waals surface area (Å²) >= 11 is 0. The normalized spacial score (nSPS) is 14.9. The molecule has 1 rings (SSSR count). The number of aromatic nitrogens is 2. The van der Waals surface area contributed by atoms with Crippen molar-refractivity contribution in [1.82, 2.24) is 52.5 Å². The highest BCUT2D eigenvalue weighted by atomic mass is 16.4. The minimum absolute atomic E-state index is 0.00669. The number of aliphatic hydroxyl groups excluding tert-OH is 1. The Morgan fingerprint density at radius 2 is 1.05 bits per heavy atom. The summed E-state index contributed by atoms with van der Waals surface area (Å²) in [4.78, 5) is 132. The molecule has 0 saturated carbocycles. The number of guanidine groups is 1. The molecule has 0 aliphatic carbocycles. The molecular formula is C47H86N16O11. The van der Waals surface area contributed by atoms with E-state index in [1.54, 1.807) is 27.7 Å². The maximum Gasteiger partial charge on any atom is 0.322 e. The number of nitrogens with zero attached hydrogens (tertiary/aromatic N) is 2. The van der Waals surface area contributed by atoms with Crippen LogP contribution in [0.3, 0.4) is 0 Å². The number of carbonyl (C=O) groups is 9. The SMILES string of the molecule is CC(C)C[C@H](NC(=O)[C@@H](NC(=O)[C@@H](N)CCCCN)C(C)C)C(=O)N[C@@H](Cc1cnc[nH]1)C(=O)N[C@@H](CCCCN)C(=O)N[C@@H](CCCN=C(N)N)C(=O)N[C@H](C(=O)N[C@@H](CC(C)C)C(=O)NCC(=O)O)[C@@H](C)O. The van der Waals surface area contributed by atoms with E-state index in [0.29, 0.717) is 44.3 Å². The molecule has 1 aromatic rings. The van der Waals surface area contributed by atoms with E-state index in [2.05, 4.69) is 57.5 Å². The molecular weight excluding hydrogens is 965 g/mol. The molecule has 0 aromatic carbocycles. The van der Waals surface area contributed by atoms with Gasteiger partial charge in [0.05, 0.1) is 18.5 Å². The van der Waals surface area contributed by atoms with Crippen LogP contribution in [-0.4, -0.2) is 160 Å². The second-order valence-corrected chi connectivity index (χ2v) is 19.5. The number of aliphatic carboxylic acids is 1. The van der Waals surface area contributed by atoms with Gasteiger partial charge in [0.15, 0.2) is 5.96 Å². The van der Waals surface area contributed by atoms with Crippen molar-refractivity contribution in [2.75, 3.05) is 26.2 Å². The highest BCUT2D eigenvalue weighted by Gasteiger charge is 2.36. The minimum atomic E-state index is -1.68. The number of aliphatic hydroxyl groups is 1. The molecule has 0 aliphatic rings. The Hall–Kier alpha value is -6.45.